The van der Waals surface area contributed by atoms with Gasteiger partial charge in [-0.1, -0.05) is 11.6 Å². The van der Waals surface area contributed by atoms with Gasteiger partial charge in [0, 0.05) is 17.0 Å². The van der Waals surface area contributed by atoms with Crippen molar-refractivity contribution in [3.8, 4) is 0 Å². The third-order valence-corrected chi connectivity index (χ3v) is 2.95. The maximum atomic E-state index is 11.4. The first-order valence-electron chi connectivity index (χ1n) is 4.48. The molecule has 0 saturated carbocycles. The van der Waals surface area contributed by atoms with Crippen LogP contribution in [0.25, 0.3) is 6.08 Å². The second-order valence-electron chi connectivity index (χ2n) is 2.93. The minimum Gasteiger partial charge on any atom is -0.307 e. The van der Waals surface area contributed by atoms with E-state index in [1.54, 1.807) is 24.4 Å². The van der Waals surface area contributed by atoms with Crippen molar-refractivity contribution in [2.75, 3.05) is 5.32 Å². The number of nitrogens with one attached hydrogen (secondary N) is 2. The lowest BCUT2D eigenvalue weighted by atomic mass is 10.4. The van der Waals surface area contributed by atoms with Gasteiger partial charge < -0.3 is 5.32 Å². The maximum absolute atomic E-state index is 11.4. The van der Waals surface area contributed by atoms with E-state index in [1.807, 2.05) is 6.07 Å². The molecular formula is C10H8ClN3OS. The van der Waals surface area contributed by atoms with Crippen molar-refractivity contribution < 1.29 is 4.79 Å². The molecule has 0 atom stereocenters. The Kier molecular flexibility index (Phi) is 3.38. The van der Waals surface area contributed by atoms with Gasteiger partial charge in [-0.15, -0.1) is 11.3 Å². The van der Waals surface area contributed by atoms with E-state index in [0.717, 1.165) is 4.88 Å². The number of carbonyl (C=O) groups excluding carboxylic acids is 1. The van der Waals surface area contributed by atoms with Crippen molar-refractivity contribution in [3.63, 3.8) is 0 Å². The first-order valence-corrected chi connectivity index (χ1v) is 5.67. The first kappa shape index (κ1) is 10.9. The van der Waals surface area contributed by atoms with Crippen molar-refractivity contribution in [1.29, 1.82) is 0 Å². The predicted octanol–water partition coefficient (Wildman–Crippen LogP) is 2.78. The monoisotopic (exact) mass is 253 g/mol. The molecule has 0 aliphatic heterocycles. The Morgan fingerprint density at radius 3 is 3.00 bits per heavy atom. The molecule has 1 amide bonds. The highest BCUT2D eigenvalue weighted by Gasteiger charge is 1.98. The van der Waals surface area contributed by atoms with E-state index >= 15 is 0 Å². The van der Waals surface area contributed by atoms with E-state index in [2.05, 4.69) is 15.5 Å². The molecule has 2 aromatic rings. The van der Waals surface area contributed by atoms with Crippen LogP contribution >= 0.6 is 22.9 Å². The van der Waals surface area contributed by atoms with Crippen molar-refractivity contribution >= 4 is 40.7 Å². The van der Waals surface area contributed by atoms with E-state index in [9.17, 15) is 4.79 Å². The first-order chi connectivity index (χ1) is 7.74. The number of anilines is 1. The van der Waals surface area contributed by atoms with Gasteiger partial charge in [-0.05, 0) is 18.2 Å². The van der Waals surface area contributed by atoms with Gasteiger partial charge >= 0.3 is 0 Å². The number of H-pyrrole nitrogens is 1. The van der Waals surface area contributed by atoms with Crippen LogP contribution in [-0.4, -0.2) is 16.1 Å². The maximum Gasteiger partial charge on any atom is 0.249 e. The van der Waals surface area contributed by atoms with Crippen LogP contribution in [0.5, 0.6) is 0 Å². The van der Waals surface area contributed by atoms with Crippen LogP contribution < -0.4 is 5.32 Å². The molecule has 2 N–H and O–H groups in total. The number of nitrogens with zero attached hydrogens (tertiary/aromatic N) is 1. The summed E-state index contributed by atoms with van der Waals surface area (Å²) in [5.74, 6) is 0.354. The average molecular weight is 254 g/mol. The normalized spacial score (nSPS) is 10.8. The average Bonchev–Trinajstić information content (AvgIpc) is 2.87. The SMILES string of the molecule is O=C(C=Cc1ccc(Cl)s1)Nc1ccn[nH]1. The number of hydrogen-bond donors (Lipinski definition) is 2. The van der Waals surface area contributed by atoms with E-state index in [4.69, 9.17) is 11.6 Å². The van der Waals surface area contributed by atoms with Crippen LogP contribution in [0.3, 0.4) is 0 Å². The zero-order valence-electron chi connectivity index (χ0n) is 8.11. The molecule has 0 radical (unpaired) electrons. The minimum absolute atomic E-state index is 0.214. The van der Waals surface area contributed by atoms with Gasteiger partial charge in [0.25, 0.3) is 0 Å². The van der Waals surface area contributed by atoms with Gasteiger partial charge in [-0.3, -0.25) is 9.89 Å². The van der Waals surface area contributed by atoms with Crippen LogP contribution in [0.15, 0.2) is 30.5 Å². The fraction of sp³-hybridized carbons (Fsp3) is 0. The molecule has 0 aromatic carbocycles. The quantitative estimate of drug-likeness (QED) is 0.827. The number of hydrogen-bond acceptors (Lipinski definition) is 3. The summed E-state index contributed by atoms with van der Waals surface area (Å²) in [6.07, 6.45) is 4.73. The Hall–Kier alpha value is -1.59. The second-order valence-corrected chi connectivity index (χ2v) is 4.68. The molecule has 16 heavy (non-hydrogen) atoms. The Morgan fingerprint density at radius 1 is 1.50 bits per heavy atom. The molecule has 0 fully saturated rings. The summed E-state index contributed by atoms with van der Waals surface area (Å²) in [4.78, 5) is 12.4. The highest BCUT2D eigenvalue weighted by Crippen LogP contribution is 2.22. The molecule has 0 unspecified atom stereocenters. The third kappa shape index (κ3) is 2.95. The molecule has 2 heterocycles. The summed E-state index contributed by atoms with van der Waals surface area (Å²) in [6.45, 7) is 0. The molecule has 6 heteroatoms. The smallest absolute Gasteiger partial charge is 0.249 e. The second kappa shape index (κ2) is 4.96. The molecule has 4 nitrogen and oxygen atoms in total. The number of carbonyl (C=O) groups is 1. The lowest BCUT2D eigenvalue weighted by Crippen LogP contribution is -2.07. The Bertz CT molecular complexity index is 504. The summed E-state index contributed by atoms with van der Waals surface area (Å²) in [5, 5.41) is 8.98. The van der Waals surface area contributed by atoms with E-state index in [-0.39, 0.29) is 5.91 Å². The number of aromatic nitrogens is 2. The van der Waals surface area contributed by atoms with Gasteiger partial charge in [0.15, 0.2) is 0 Å². The molecule has 2 aromatic heterocycles. The van der Waals surface area contributed by atoms with Crippen LogP contribution in [0, 0.1) is 0 Å². The van der Waals surface area contributed by atoms with Crippen molar-refractivity contribution in [2.45, 2.75) is 0 Å². The molecule has 0 bridgehead atoms. The highest BCUT2D eigenvalue weighted by atomic mass is 35.5. The summed E-state index contributed by atoms with van der Waals surface area (Å²) in [6, 6.07) is 5.32. The summed E-state index contributed by atoms with van der Waals surface area (Å²) < 4.78 is 0.702. The van der Waals surface area contributed by atoms with Crippen molar-refractivity contribution in [2.24, 2.45) is 0 Å². The van der Waals surface area contributed by atoms with Crippen LogP contribution in [0.4, 0.5) is 5.82 Å². The van der Waals surface area contributed by atoms with Crippen LogP contribution in [0.2, 0.25) is 4.34 Å². The van der Waals surface area contributed by atoms with E-state index in [0.29, 0.717) is 10.2 Å². The molecule has 0 saturated heterocycles. The third-order valence-electron chi connectivity index (χ3n) is 1.75. The summed E-state index contributed by atoms with van der Waals surface area (Å²) >= 11 is 7.18. The van der Waals surface area contributed by atoms with Gasteiger partial charge in [0.1, 0.15) is 5.82 Å². The lowest BCUT2D eigenvalue weighted by Gasteiger charge is -1.95. The number of thiophene rings is 1. The van der Waals surface area contributed by atoms with Gasteiger partial charge in [-0.2, -0.15) is 5.10 Å². The Balaban J connectivity index is 1.94. The van der Waals surface area contributed by atoms with Crippen molar-refractivity contribution in [1.82, 2.24) is 10.2 Å². The fourth-order valence-electron chi connectivity index (χ4n) is 1.08. The van der Waals surface area contributed by atoms with Crippen LogP contribution in [0.1, 0.15) is 4.88 Å². The van der Waals surface area contributed by atoms with Gasteiger partial charge in [0.2, 0.25) is 5.91 Å². The topological polar surface area (TPSA) is 57.8 Å². The predicted molar refractivity (Wildman–Crippen MR) is 65.6 cm³/mol. The molecular weight excluding hydrogens is 246 g/mol. The number of amides is 1. The Morgan fingerprint density at radius 2 is 2.38 bits per heavy atom. The Labute approximate surface area is 101 Å². The number of rotatable bonds is 3. The molecule has 2 rings (SSSR count). The fourth-order valence-corrected chi connectivity index (χ4v) is 2.04. The number of halogens is 1. The number of aromatic amines is 1. The van der Waals surface area contributed by atoms with Gasteiger partial charge in [-0.25, -0.2) is 0 Å². The van der Waals surface area contributed by atoms with Crippen LogP contribution in [-0.2, 0) is 4.79 Å². The summed E-state index contributed by atoms with van der Waals surface area (Å²) in [5.41, 5.74) is 0. The minimum atomic E-state index is -0.214. The van der Waals surface area contributed by atoms with Gasteiger partial charge in [0.05, 0.1) is 10.5 Å². The van der Waals surface area contributed by atoms with Crippen molar-refractivity contribution in [3.05, 3.63) is 39.7 Å². The molecule has 0 aliphatic rings. The van der Waals surface area contributed by atoms with E-state index < -0.39 is 0 Å². The standard InChI is InChI=1S/C10H8ClN3OS/c11-8-3-1-7(16-8)2-4-10(15)13-9-5-6-12-14-9/h1-6H,(H2,12,13,14,15). The highest BCUT2D eigenvalue weighted by molar-refractivity contribution is 7.17. The molecule has 82 valence electrons. The largest absolute Gasteiger partial charge is 0.307 e. The van der Waals surface area contributed by atoms with E-state index in [1.165, 1.54) is 17.4 Å². The molecule has 0 aliphatic carbocycles. The molecule has 0 spiro atoms. The zero-order valence-corrected chi connectivity index (χ0v) is 9.68. The summed E-state index contributed by atoms with van der Waals surface area (Å²) in [7, 11) is 0. The zero-order chi connectivity index (χ0) is 11.4. The lowest BCUT2D eigenvalue weighted by molar-refractivity contribution is -0.111.